The minimum absolute atomic E-state index is 0.00383. The van der Waals surface area contributed by atoms with E-state index in [9.17, 15) is 4.79 Å². The first-order chi connectivity index (χ1) is 10.6. The smallest absolute Gasteiger partial charge is 0.322 e. The number of carbonyl (C=O) groups is 1. The van der Waals surface area contributed by atoms with E-state index in [4.69, 9.17) is 4.42 Å². The molecule has 2 aromatic rings. The molecule has 3 rings (SSSR count). The van der Waals surface area contributed by atoms with E-state index < -0.39 is 0 Å². The highest BCUT2D eigenvalue weighted by Gasteiger charge is 2.23. The molecule has 1 N–H and O–H groups in total. The summed E-state index contributed by atoms with van der Waals surface area (Å²) in [5.74, 6) is 0.515. The number of carbonyl (C=O) groups excluding carboxylic acids is 1. The summed E-state index contributed by atoms with van der Waals surface area (Å²) in [5.41, 5.74) is 3.11. The van der Waals surface area contributed by atoms with E-state index in [0.717, 1.165) is 42.4 Å². The van der Waals surface area contributed by atoms with E-state index in [-0.39, 0.29) is 17.8 Å². The molecule has 1 aliphatic carbocycles. The normalized spacial score (nSPS) is 15.7. The SMILES string of the molecule is Cc1ccc(C)c(-c2nnc(NC(=O)C3CCCCC3)o2)c1. The van der Waals surface area contributed by atoms with Gasteiger partial charge in [0.25, 0.3) is 0 Å². The van der Waals surface area contributed by atoms with Gasteiger partial charge in [-0.2, -0.15) is 0 Å². The van der Waals surface area contributed by atoms with Gasteiger partial charge in [0, 0.05) is 11.5 Å². The Balaban J connectivity index is 1.73. The lowest BCUT2D eigenvalue weighted by Gasteiger charge is -2.19. The zero-order valence-corrected chi connectivity index (χ0v) is 13.1. The van der Waals surface area contributed by atoms with Crippen LogP contribution in [0.3, 0.4) is 0 Å². The Hall–Kier alpha value is -2.17. The molecule has 116 valence electrons. The third-order valence-corrected chi connectivity index (χ3v) is 4.25. The Labute approximate surface area is 130 Å². The number of aromatic nitrogens is 2. The average Bonchev–Trinajstić information content (AvgIpc) is 2.99. The second kappa shape index (κ2) is 6.30. The zero-order chi connectivity index (χ0) is 15.5. The summed E-state index contributed by atoms with van der Waals surface area (Å²) in [7, 11) is 0. The summed E-state index contributed by atoms with van der Waals surface area (Å²) in [6, 6.07) is 6.26. The van der Waals surface area contributed by atoms with Gasteiger partial charge in [-0.05, 0) is 38.3 Å². The maximum atomic E-state index is 12.2. The van der Waals surface area contributed by atoms with Crippen LogP contribution < -0.4 is 5.32 Å². The number of anilines is 1. The van der Waals surface area contributed by atoms with Crippen molar-refractivity contribution in [3.63, 3.8) is 0 Å². The molecule has 1 aliphatic rings. The fourth-order valence-corrected chi connectivity index (χ4v) is 2.92. The van der Waals surface area contributed by atoms with Crippen molar-refractivity contribution in [1.29, 1.82) is 0 Å². The predicted octanol–water partition coefficient (Wildman–Crippen LogP) is 3.87. The Bertz CT molecular complexity index is 672. The molecule has 5 nitrogen and oxygen atoms in total. The highest BCUT2D eigenvalue weighted by atomic mass is 16.4. The number of nitrogens with zero attached hydrogens (tertiary/aromatic N) is 2. The van der Waals surface area contributed by atoms with Crippen LogP contribution in [-0.4, -0.2) is 16.1 Å². The minimum atomic E-state index is -0.00383. The molecule has 0 saturated heterocycles. The quantitative estimate of drug-likeness (QED) is 0.934. The van der Waals surface area contributed by atoms with Crippen molar-refractivity contribution in [3.8, 4) is 11.5 Å². The molecule has 0 aliphatic heterocycles. The first kappa shape index (κ1) is 14.8. The van der Waals surface area contributed by atoms with Crippen LogP contribution in [0.1, 0.15) is 43.2 Å². The third kappa shape index (κ3) is 3.18. The van der Waals surface area contributed by atoms with E-state index in [0.29, 0.717) is 5.89 Å². The summed E-state index contributed by atoms with van der Waals surface area (Å²) in [4.78, 5) is 12.2. The highest BCUT2D eigenvalue weighted by molar-refractivity contribution is 5.90. The molecule has 1 heterocycles. The van der Waals surface area contributed by atoms with Crippen LogP contribution in [0.15, 0.2) is 22.6 Å². The molecule has 0 bridgehead atoms. The van der Waals surface area contributed by atoms with Gasteiger partial charge in [0.1, 0.15) is 0 Å². The van der Waals surface area contributed by atoms with Crippen molar-refractivity contribution in [3.05, 3.63) is 29.3 Å². The lowest BCUT2D eigenvalue weighted by molar-refractivity contribution is -0.120. The van der Waals surface area contributed by atoms with Gasteiger partial charge in [-0.15, -0.1) is 5.10 Å². The van der Waals surface area contributed by atoms with Crippen molar-refractivity contribution in [2.45, 2.75) is 46.0 Å². The Morgan fingerprint density at radius 1 is 1.18 bits per heavy atom. The molecule has 5 heteroatoms. The second-order valence-electron chi connectivity index (χ2n) is 6.05. The number of hydrogen-bond acceptors (Lipinski definition) is 4. The van der Waals surface area contributed by atoms with E-state index in [1.165, 1.54) is 6.42 Å². The van der Waals surface area contributed by atoms with Crippen LogP contribution in [0.4, 0.5) is 6.01 Å². The maximum Gasteiger partial charge on any atom is 0.322 e. The van der Waals surface area contributed by atoms with Crippen LogP contribution in [0, 0.1) is 19.8 Å². The van der Waals surface area contributed by atoms with E-state index in [2.05, 4.69) is 15.5 Å². The van der Waals surface area contributed by atoms with Gasteiger partial charge in [0.2, 0.25) is 11.8 Å². The Morgan fingerprint density at radius 2 is 1.95 bits per heavy atom. The van der Waals surface area contributed by atoms with Crippen molar-refractivity contribution >= 4 is 11.9 Å². The van der Waals surface area contributed by atoms with Crippen LogP contribution >= 0.6 is 0 Å². The van der Waals surface area contributed by atoms with Crippen molar-refractivity contribution < 1.29 is 9.21 Å². The van der Waals surface area contributed by atoms with Gasteiger partial charge < -0.3 is 4.42 Å². The summed E-state index contributed by atoms with van der Waals surface area (Å²) in [6.07, 6.45) is 5.36. The fraction of sp³-hybridized carbons (Fsp3) is 0.471. The number of nitrogens with one attached hydrogen (secondary N) is 1. The first-order valence-corrected chi connectivity index (χ1v) is 7.85. The molecule has 0 unspecified atom stereocenters. The van der Waals surface area contributed by atoms with E-state index >= 15 is 0 Å². The lowest BCUT2D eigenvalue weighted by atomic mass is 9.89. The molecule has 0 spiro atoms. The molecule has 1 fully saturated rings. The van der Waals surface area contributed by atoms with E-state index in [1.807, 2.05) is 32.0 Å². The first-order valence-electron chi connectivity index (χ1n) is 7.85. The monoisotopic (exact) mass is 299 g/mol. The number of amides is 1. The Morgan fingerprint density at radius 3 is 2.73 bits per heavy atom. The number of hydrogen-bond donors (Lipinski definition) is 1. The standard InChI is InChI=1S/C17H21N3O2/c1-11-8-9-12(2)14(10-11)16-19-20-17(22-16)18-15(21)13-6-4-3-5-7-13/h8-10,13H,3-7H2,1-2H3,(H,18,20,21). The molecular weight excluding hydrogens is 278 g/mol. The van der Waals surface area contributed by atoms with Gasteiger partial charge in [0.05, 0.1) is 0 Å². The molecule has 1 aromatic heterocycles. The topological polar surface area (TPSA) is 68.0 Å². The minimum Gasteiger partial charge on any atom is -0.403 e. The van der Waals surface area contributed by atoms with E-state index in [1.54, 1.807) is 0 Å². The second-order valence-corrected chi connectivity index (χ2v) is 6.05. The molecule has 22 heavy (non-hydrogen) atoms. The lowest BCUT2D eigenvalue weighted by Crippen LogP contribution is -2.24. The van der Waals surface area contributed by atoms with Crippen molar-refractivity contribution in [2.75, 3.05) is 5.32 Å². The van der Waals surface area contributed by atoms with Crippen LogP contribution in [0.5, 0.6) is 0 Å². The van der Waals surface area contributed by atoms with Crippen molar-refractivity contribution in [2.24, 2.45) is 5.92 Å². The molecule has 0 atom stereocenters. The number of aryl methyl sites for hydroxylation is 2. The largest absolute Gasteiger partial charge is 0.403 e. The fourth-order valence-electron chi connectivity index (χ4n) is 2.92. The summed E-state index contributed by atoms with van der Waals surface area (Å²) < 4.78 is 5.61. The van der Waals surface area contributed by atoms with Gasteiger partial charge in [0.15, 0.2) is 0 Å². The Kier molecular flexibility index (Phi) is 4.22. The summed E-state index contributed by atoms with van der Waals surface area (Å²) in [5, 5.41) is 10.8. The number of benzene rings is 1. The molecule has 1 saturated carbocycles. The third-order valence-electron chi connectivity index (χ3n) is 4.25. The average molecular weight is 299 g/mol. The van der Waals surface area contributed by atoms with Crippen LogP contribution in [0.25, 0.3) is 11.5 Å². The predicted molar refractivity (Wildman–Crippen MR) is 84.4 cm³/mol. The van der Waals surface area contributed by atoms with Gasteiger partial charge in [-0.25, -0.2) is 0 Å². The summed E-state index contributed by atoms with van der Waals surface area (Å²) >= 11 is 0. The van der Waals surface area contributed by atoms with Gasteiger partial charge in [-0.1, -0.05) is 42.1 Å². The maximum absolute atomic E-state index is 12.2. The van der Waals surface area contributed by atoms with Crippen LogP contribution in [-0.2, 0) is 4.79 Å². The van der Waals surface area contributed by atoms with Crippen LogP contribution in [0.2, 0.25) is 0 Å². The summed E-state index contributed by atoms with van der Waals surface area (Å²) in [6.45, 7) is 4.02. The molecule has 1 aromatic carbocycles. The van der Waals surface area contributed by atoms with Gasteiger partial charge in [-0.3, -0.25) is 10.1 Å². The molecule has 1 amide bonds. The van der Waals surface area contributed by atoms with Gasteiger partial charge >= 0.3 is 6.01 Å². The zero-order valence-electron chi connectivity index (χ0n) is 13.1. The molecule has 0 radical (unpaired) electrons. The molecular formula is C17H21N3O2. The van der Waals surface area contributed by atoms with Crippen molar-refractivity contribution in [1.82, 2.24) is 10.2 Å². The highest BCUT2D eigenvalue weighted by Crippen LogP contribution is 2.27. The number of rotatable bonds is 3.